The molecule has 0 amide bonds. The molecule has 0 fully saturated rings. The number of hydrogen-bond acceptors (Lipinski definition) is 2. The number of hydrogen-bond donors (Lipinski definition) is 2. The van der Waals surface area contributed by atoms with Gasteiger partial charge in [-0.05, 0) is 12.0 Å². The van der Waals surface area contributed by atoms with Crippen LogP contribution in [0.2, 0.25) is 0 Å². The molecule has 12 heavy (non-hydrogen) atoms. The molecule has 3 N–H and O–H groups in total. The monoisotopic (exact) mass is 166 g/mol. The van der Waals surface area contributed by atoms with Crippen LogP contribution in [0.5, 0.6) is 0 Å². The van der Waals surface area contributed by atoms with Gasteiger partial charge < -0.3 is 10.8 Å². The summed E-state index contributed by atoms with van der Waals surface area (Å²) >= 11 is 0. The minimum Gasteiger partial charge on any atom is -0.480 e. The van der Waals surface area contributed by atoms with Crippen LogP contribution in [0.25, 0.3) is 0 Å². The highest BCUT2D eigenvalue weighted by Crippen LogP contribution is 2.01. The average molecular weight is 166 g/mol. The molecular weight excluding hydrogens is 155 g/mol. The van der Waals surface area contributed by atoms with E-state index in [0.717, 1.165) is 5.56 Å². The normalized spacial score (nSPS) is 12.4. The molecule has 1 unspecified atom stereocenters. The van der Waals surface area contributed by atoms with Gasteiger partial charge >= 0.3 is 5.97 Å². The molecule has 0 bridgehead atoms. The first kappa shape index (κ1) is 8.74. The van der Waals surface area contributed by atoms with Gasteiger partial charge in [0.05, 0.1) is 0 Å². The Hall–Kier alpha value is -1.35. The van der Waals surface area contributed by atoms with Crippen LogP contribution < -0.4 is 5.73 Å². The molecule has 0 radical (unpaired) electrons. The summed E-state index contributed by atoms with van der Waals surface area (Å²) in [5.74, 6) is -0.959. The number of nitrogens with two attached hydrogens (primary N) is 1. The van der Waals surface area contributed by atoms with Crippen molar-refractivity contribution in [3.05, 3.63) is 35.9 Å². The second kappa shape index (κ2) is 3.88. The Bertz CT molecular complexity index is 258. The number of benzene rings is 1. The van der Waals surface area contributed by atoms with E-state index in [1.54, 1.807) is 0 Å². The summed E-state index contributed by atoms with van der Waals surface area (Å²) in [7, 11) is 0. The van der Waals surface area contributed by atoms with Gasteiger partial charge in [-0.25, -0.2) is 0 Å². The minimum atomic E-state index is -0.959. The number of aliphatic carboxylic acids is 1. The first-order chi connectivity index (χ1) is 5.70. The van der Waals surface area contributed by atoms with E-state index in [1.165, 1.54) is 0 Å². The van der Waals surface area contributed by atoms with Crippen LogP contribution >= 0.6 is 0 Å². The molecule has 0 saturated carbocycles. The van der Waals surface area contributed by atoms with Crippen LogP contribution in [-0.2, 0) is 11.2 Å². The Labute approximate surface area is 70.8 Å². The van der Waals surface area contributed by atoms with E-state index in [9.17, 15) is 4.79 Å². The van der Waals surface area contributed by atoms with E-state index in [-0.39, 0.29) is 0 Å². The van der Waals surface area contributed by atoms with Gasteiger partial charge in [-0.3, -0.25) is 4.79 Å². The Morgan fingerprint density at radius 3 is 2.50 bits per heavy atom. The Balaban J connectivity index is 2.58. The van der Waals surface area contributed by atoms with Crippen molar-refractivity contribution in [2.45, 2.75) is 12.5 Å². The predicted molar refractivity (Wildman–Crippen MR) is 45.8 cm³/mol. The van der Waals surface area contributed by atoms with Gasteiger partial charge in [0, 0.05) is 0 Å². The second-order valence-electron chi connectivity index (χ2n) is 2.63. The Morgan fingerprint density at radius 1 is 1.42 bits per heavy atom. The Morgan fingerprint density at radius 2 is 2.00 bits per heavy atom. The third-order valence-corrected chi connectivity index (χ3v) is 1.62. The summed E-state index contributed by atoms with van der Waals surface area (Å²) in [6, 6.07) is 8.54. The lowest BCUT2D eigenvalue weighted by atomic mass is 10.1. The highest BCUT2D eigenvalue weighted by atomic mass is 16.4. The lowest BCUT2D eigenvalue weighted by Gasteiger charge is -2.04. The van der Waals surface area contributed by atoms with E-state index in [0.29, 0.717) is 6.42 Å². The lowest BCUT2D eigenvalue weighted by Crippen LogP contribution is -2.32. The van der Waals surface area contributed by atoms with Crippen LogP contribution in [0.15, 0.2) is 30.3 Å². The maximum Gasteiger partial charge on any atom is 0.320 e. The van der Waals surface area contributed by atoms with E-state index in [2.05, 4.69) is 0 Å². The maximum absolute atomic E-state index is 10.4. The zero-order valence-corrected chi connectivity index (χ0v) is 6.60. The molecule has 64 valence electrons. The summed E-state index contributed by atoms with van der Waals surface area (Å²) in [6.07, 6.45) is 0.385. The minimum absolute atomic E-state index is 0.385. The van der Waals surface area contributed by atoms with Crippen LogP contribution in [0.1, 0.15) is 5.56 Å². The fourth-order valence-corrected chi connectivity index (χ4v) is 0.955. The number of carbonyl (C=O) groups is 1. The summed E-state index contributed by atoms with van der Waals surface area (Å²) in [5, 5.41) is 8.52. The predicted octanol–water partition coefficient (Wildman–Crippen LogP) is 0.641. The molecule has 1 aromatic carbocycles. The smallest absolute Gasteiger partial charge is 0.320 e. The fourth-order valence-electron chi connectivity index (χ4n) is 0.955. The van der Waals surface area contributed by atoms with Crippen molar-refractivity contribution >= 4 is 5.97 Å². The van der Waals surface area contributed by atoms with E-state index in [1.807, 2.05) is 30.3 Å². The van der Waals surface area contributed by atoms with Crippen molar-refractivity contribution in [3.8, 4) is 0 Å². The molecule has 1 atom stereocenters. The van der Waals surface area contributed by atoms with Crippen molar-refractivity contribution in [2.75, 3.05) is 0 Å². The molecule has 0 aromatic heterocycles. The number of carboxylic acid groups (broad SMARTS) is 1. The van der Waals surface area contributed by atoms with Crippen LogP contribution in [0.3, 0.4) is 0 Å². The first-order valence-corrected chi connectivity index (χ1v) is 3.72. The standard InChI is InChI=1S/C9H11NO2/c10-8(9(11)12)6-7-4-2-1-3-5-7/h1-5,8H,6,10H2,(H,11,12)/i10+1. The molecule has 0 aliphatic heterocycles. The van der Waals surface area contributed by atoms with Gasteiger partial charge in [-0.2, -0.15) is 0 Å². The zero-order valence-electron chi connectivity index (χ0n) is 6.60. The van der Waals surface area contributed by atoms with Crippen LogP contribution in [0.4, 0.5) is 0 Å². The third-order valence-electron chi connectivity index (χ3n) is 1.62. The number of rotatable bonds is 3. The summed E-state index contributed by atoms with van der Waals surface area (Å²) in [4.78, 5) is 10.4. The fraction of sp³-hybridized carbons (Fsp3) is 0.222. The van der Waals surface area contributed by atoms with Gasteiger partial charge in [-0.1, -0.05) is 30.3 Å². The van der Waals surface area contributed by atoms with E-state index >= 15 is 0 Å². The topological polar surface area (TPSA) is 63.3 Å². The molecule has 1 rings (SSSR count). The summed E-state index contributed by atoms with van der Waals surface area (Å²) in [6.45, 7) is 0. The molecule has 0 saturated heterocycles. The first-order valence-electron chi connectivity index (χ1n) is 3.72. The number of carboxylic acids is 1. The van der Waals surface area contributed by atoms with Gasteiger partial charge in [0.25, 0.3) is 0 Å². The highest BCUT2D eigenvalue weighted by molar-refractivity contribution is 5.73. The van der Waals surface area contributed by atoms with E-state index < -0.39 is 12.0 Å². The zero-order chi connectivity index (χ0) is 8.97. The van der Waals surface area contributed by atoms with E-state index in [4.69, 9.17) is 10.8 Å². The molecule has 0 aliphatic carbocycles. The van der Waals surface area contributed by atoms with Gasteiger partial charge in [0.15, 0.2) is 0 Å². The summed E-state index contributed by atoms with van der Waals surface area (Å²) in [5.41, 5.74) is 6.30. The lowest BCUT2D eigenvalue weighted by molar-refractivity contribution is -0.138. The van der Waals surface area contributed by atoms with Crippen molar-refractivity contribution in [1.29, 1.82) is 0 Å². The second-order valence-corrected chi connectivity index (χ2v) is 2.63. The highest BCUT2D eigenvalue weighted by Gasteiger charge is 2.10. The van der Waals surface area contributed by atoms with Crippen molar-refractivity contribution in [1.82, 2.24) is 0 Å². The van der Waals surface area contributed by atoms with Crippen molar-refractivity contribution < 1.29 is 9.90 Å². The molecule has 1 aromatic rings. The van der Waals surface area contributed by atoms with Crippen LogP contribution in [-0.4, -0.2) is 17.1 Å². The average Bonchev–Trinajstić information content (AvgIpc) is 2.06. The molecule has 3 nitrogen and oxygen atoms in total. The van der Waals surface area contributed by atoms with Crippen LogP contribution in [0, 0.1) is 0 Å². The SMILES string of the molecule is [15NH2]C(Cc1ccccc1)C(=O)O. The summed E-state index contributed by atoms with van der Waals surface area (Å²) < 4.78 is 0. The molecular formula is C9H11NO2. The molecule has 0 aliphatic rings. The maximum atomic E-state index is 10.4. The Kier molecular flexibility index (Phi) is 2.82. The van der Waals surface area contributed by atoms with Crippen molar-refractivity contribution in [3.63, 3.8) is 0 Å². The molecule has 3 heteroatoms. The molecule has 0 heterocycles. The van der Waals surface area contributed by atoms with Gasteiger partial charge in [0.1, 0.15) is 6.04 Å². The molecule has 0 spiro atoms. The van der Waals surface area contributed by atoms with Crippen molar-refractivity contribution in [2.24, 2.45) is 5.73 Å². The van der Waals surface area contributed by atoms with Gasteiger partial charge in [-0.15, -0.1) is 0 Å². The quantitative estimate of drug-likeness (QED) is 0.648. The third kappa shape index (κ3) is 2.36. The largest absolute Gasteiger partial charge is 0.480 e. The van der Waals surface area contributed by atoms with Gasteiger partial charge in [0.2, 0.25) is 0 Å².